The van der Waals surface area contributed by atoms with Crippen molar-refractivity contribution in [3.63, 3.8) is 0 Å². The Morgan fingerprint density at radius 1 is 1.20 bits per heavy atom. The zero-order valence-electron chi connectivity index (χ0n) is 9.50. The Morgan fingerprint density at radius 2 is 1.87 bits per heavy atom. The summed E-state index contributed by atoms with van der Waals surface area (Å²) in [7, 11) is 0. The van der Waals surface area contributed by atoms with Gasteiger partial charge < -0.3 is 10.2 Å². The molecule has 2 saturated heterocycles. The number of carbonyl (C=O) groups is 1. The van der Waals surface area contributed by atoms with Gasteiger partial charge in [0.1, 0.15) is 0 Å². The van der Waals surface area contributed by atoms with E-state index in [4.69, 9.17) is 0 Å². The molecule has 2 aliphatic rings. The molecule has 0 bridgehead atoms. The molecule has 0 saturated carbocycles. The summed E-state index contributed by atoms with van der Waals surface area (Å²) in [5.41, 5.74) is 0. The molecule has 1 atom stereocenters. The fraction of sp³-hybridized carbons (Fsp3) is 0.917. The highest BCUT2D eigenvalue weighted by molar-refractivity contribution is 5.76. The Morgan fingerprint density at radius 3 is 2.40 bits per heavy atom. The number of rotatable bonds is 3. The molecule has 2 aliphatic heterocycles. The van der Waals surface area contributed by atoms with Crippen LogP contribution < -0.4 is 5.32 Å². The van der Waals surface area contributed by atoms with E-state index in [0.29, 0.717) is 11.9 Å². The van der Waals surface area contributed by atoms with E-state index in [1.54, 1.807) is 0 Å². The van der Waals surface area contributed by atoms with Crippen LogP contribution in [0.5, 0.6) is 0 Å². The van der Waals surface area contributed by atoms with Crippen molar-refractivity contribution < 1.29 is 4.79 Å². The standard InChI is InChI=1S/C12H22N2O/c15-12(6-5-11-7-8-13-11)14-9-3-1-2-4-10-14/h11,13H,1-10H2. The van der Waals surface area contributed by atoms with E-state index in [9.17, 15) is 4.79 Å². The van der Waals surface area contributed by atoms with Gasteiger partial charge in [-0.05, 0) is 32.2 Å². The lowest BCUT2D eigenvalue weighted by Crippen LogP contribution is -2.43. The largest absolute Gasteiger partial charge is 0.343 e. The second kappa shape index (κ2) is 5.50. The first-order valence-corrected chi connectivity index (χ1v) is 6.37. The van der Waals surface area contributed by atoms with Crippen LogP contribution in [0.4, 0.5) is 0 Å². The summed E-state index contributed by atoms with van der Waals surface area (Å²) >= 11 is 0. The number of nitrogens with zero attached hydrogens (tertiary/aromatic N) is 1. The number of amides is 1. The Labute approximate surface area is 92.2 Å². The van der Waals surface area contributed by atoms with Gasteiger partial charge in [0.2, 0.25) is 5.91 Å². The second-order valence-electron chi connectivity index (χ2n) is 4.77. The van der Waals surface area contributed by atoms with Gasteiger partial charge >= 0.3 is 0 Å². The topological polar surface area (TPSA) is 32.3 Å². The molecule has 0 radical (unpaired) electrons. The molecule has 1 unspecified atom stereocenters. The molecule has 3 heteroatoms. The molecule has 2 fully saturated rings. The fourth-order valence-corrected chi connectivity index (χ4v) is 2.37. The molecule has 15 heavy (non-hydrogen) atoms. The fourth-order valence-electron chi connectivity index (χ4n) is 2.37. The first kappa shape index (κ1) is 10.9. The Kier molecular flexibility index (Phi) is 4.01. The molecule has 1 amide bonds. The number of hydrogen-bond donors (Lipinski definition) is 1. The summed E-state index contributed by atoms with van der Waals surface area (Å²) in [6.45, 7) is 3.14. The van der Waals surface area contributed by atoms with Crippen LogP contribution in [0.1, 0.15) is 44.9 Å². The van der Waals surface area contributed by atoms with Crippen LogP contribution in [0, 0.1) is 0 Å². The van der Waals surface area contributed by atoms with Crippen LogP contribution in [0.2, 0.25) is 0 Å². The third-order valence-corrected chi connectivity index (χ3v) is 3.59. The van der Waals surface area contributed by atoms with Crippen LogP contribution in [0.15, 0.2) is 0 Å². The summed E-state index contributed by atoms with van der Waals surface area (Å²) in [6.07, 6.45) is 8.04. The summed E-state index contributed by atoms with van der Waals surface area (Å²) in [5, 5.41) is 3.35. The Balaban J connectivity index is 1.68. The van der Waals surface area contributed by atoms with Crippen LogP contribution in [-0.2, 0) is 4.79 Å². The van der Waals surface area contributed by atoms with E-state index in [2.05, 4.69) is 10.2 Å². The third-order valence-electron chi connectivity index (χ3n) is 3.59. The van der Waals surface area contributed by atoms with Crippen LogP contribution in [0.3, 0.4) is 0 Å². The zero-order chi connectivity index (χ0) is 10.5. The third kappa shape index (κ3) is 3.20. The molecule has 86 valence electrons. The van der Waals surface area contributed by atoms with Crippen molar-refractivity contribution in [2.45, 2.75) is 51.0 Å². The smallest absolute Gasteiger partial charge is 0.222 e. The highest BCUT2D eigenvalue weighted by Crippen LogP contribution is 2.14. The van der Waals surface area contributed by atoms with Crippen molar-refractivity contribution in [3.8, 4) is 0 Å². The first-order valence-electron chi connectivity index (χ1n) is 6.37. The number of hydrogen-bond acceptors (Lipinski definition) is 2. The summed E-state index contributed by atoms with van der Waals surface area (Å²) in [4.78, 5) is 14.0. The molecule has 2 heterocycles. The number of nitrogens with one attached hydrogen (secondary N) is 1. The maximum atomic E-state index is 11.9. The van der Waals surface area contributed by atoms with Crippen molar-refractivity contribution in [1.82, 2.24) is 10.2 Å². The molecule has 3 nitrogen and oxygen atoms in total. The minimum atomic E-state index is 0.380. The van der Waals surface area contributed by atoms with Crippen molar-refractivity contribution >= 4 is 5.91 Å². The van der Waals surface area contributed by atoms with Crippen molar-refractivity contribution in [2.24, 2.45) is 0 Å². The van der Waals surface area contributed by atoms with Gasteiger partial charge in [-0.15, -0.1) is 0 Å². The monoisotopic (exact) mass is 210 g/mol. The maximum Gasteiger partial charge on any atom is 0.222 e. The highest BCUT2D eigenvalue weighted by Gasteiger charge is 2.20. The van der Waals surface area contributed by atoms with E-state index in [0.717, 1.165) is 32.5 Å². The maximum absolute atomic E-state index is 11.9. The van der Waals surface area contributed by atoms with Crippen LogP contribution in [0.25, 0.3) is 0 Å². The molecule has 1 N–H and O–H groups in total. The van der Waals surface area contributed by atoms with Gasteiger partial charge in [0, 0.05) is 25.6 Å². The Hall–Kier alpha value is -0.570. The predicted octanol–water partition coefficient (Wildman–Crippen LogP) is 1.53. The SMILES string of the molecule is O=C(CCC1CCN1)N1CCCCCC1. The van der Waals surface area contributed by atoms with E-state index in [-0.39, 0.29) is 0 Å². The van der Waals surface area contributed by atoms with Crippen LogP contribution >= 0.6 is 0 Å². The lowest BCUT2D eigenvalue weighted by molar-refractivity contribution is -0.131. The molecule has 0 aromatic heterocycles. The molecule has 0 aromatic rings. The summed E-state index contributed by atoms with van der Waals surface area (Å²) < 4.78 is 0. The normalized spacial score (nSPS) is 26.9. The van der Waals surface area contributed by atoms with Gasteiger partial charge in [-0.25, -0.2) is 0 Å². The number of likely N-dealkylation sites (tertiary alicyclic amines) is 1. The molecule has 2 rings (SSSR count). The minimum absolute atomic E-state index is 0.380. The van der Waals surface area contributed by atoms with Crippen molar-refractivity contribution in [2.75, 3.05) is 19.6 Å². The quantitative estimate of drug-likeness (QED) is 0.766. The second-order valence-corrected chi connectivity index (χ2v) is 4.77. The summed E-state index contributed by atoms with van der Waals surface area (Å²) in [5.74, 6) is 0.380. The van der Waals surface area contributed by atoms with Crippen LogP contribution in [-0.4, -0.2) is 36.5 Å². The molecular formula is C12H22N2O. The molecule has 0 aromatic carbocycles. The van der Waals surface area contributed by atoms with E-state index in [1.165, 1.54) is 32.1 Å². The minimum Gasteiger partial charge on any atom is -0.343 e. The average molecular weight is 210 g/mol. The molecule has 0 spiro atoms. The first-order chi connectivity index (χ1) is 7.36. The van der Waals surface area contributed by atoms with E-state index < -0.39 is 0 Å². The Bertz CT molecular complexity index is 206. The van der Waals surface area contributed by atoms with E-state index >= 15 is 0 Å². The van der Waals surface area contributed by atoms with Gasteiger partial charge in [-0.2, -0.15) is 0 Å². The average Bonchev–Trinajstić information content (AvgIpc) is 2.43. The van der Waals surface area contributed by atoms with Crippen molar-refractivity contribution in [1.29, 1.82) is 0 Å². The molecular weight excluding hydrogens is 188 g/mol. The van der Waals surface area contributed by atoms with E-state index in [1.807, 2.05) is 0 Å². The van der Waals surface area contributed by atoms with Gasteiger partial charge in [-0.3, -0.25) is 4.79 Å². The molecule has 0 aliphatic carbocycles. The number of carbonyl (C=O) groups excluding carboxylic acids is 1. The summed E-state index contributed by atoms with van der Waals surface area (Å²) in [6, 6.07) is 0.626. The highest BCUT2D eigenvalue weighted by atomic mass is 16.2. The van der Waals surface area contributed by atoms with Gasteiger partial charge in [-0.1, -0.05) is 12.8 Å². The predicted molar refractivity (Wildman–Crippen MR) is 60.7 cm³/mol. The van der Waals surface area contributed by atoms with Gasteiger partial charge in [0.15, 0.2) is 0 Å². The zero-order valence-corrected chi connectivity index (χ0v) is 9.50. The lowest BCUT2D eigenvalue weighted by Gasteiger charge is -2.28. The van der Waals surface area contributed by atoms with Crippen molar-refractivity contribution in [3.05, 3.63) is 0 Å². The lowest BCUT2D eigenvalue weighted by atomic mass is 10.0. The van der Waals surface area contributed by atoms with Gasteiger partial charge in [0.05, 0.1) is 0 Å². The van der Waals surface area contributed by atoms with Gasteiger partial charge in [0.25, 0.3) is 0 Å².